The molecule has 1 heterocycles. The molecule has 6 heteroatoms. The van der Waals surface area contributed by atoms with E-state index in [1.807, 2.05) is 24.3 Å². The van der Waals surface area contributed by atoms with Crippen LogP contribution in [-0.2, 0) is 0 Å². The van der Waals surface area contributed by atoms with Crippen molar-refractivity contribution in [3.8, 4) is 11.5 Å². The van der Waals surface area contributed by atoms with Crippen molar-refractivity contribution in [3.05, 3.63) is 48.0 Å². The van der Waals surface area contributed by atoms with Crippen LogP contribution in [-0.4, -0.2) is 58.3 Å². The van der Waals surface area contributed by atoms with Crippen molar-refractivity contribution >= 4 is 17.3 Å². The van der Waals surface area contributed by atoms with E-state index in [2.05, 4.69) is 22.2 Å². The van der Waals surface area contributed by atoms with Gasteiger partial charge in [0.1, 0.15) is 11.5 Å². The molecule has 0 bridgehead atoms. The number of ether oxygens (including phenoxy) is 2. The Balaban J connectivity index is 1.68. The molecule has 0 saturated carbocycles. The highest BCUT2D eigenvalue weighted by Gasteiger charge is 2.16. The van der Waals surface area contributed by atoms with Crippen LogP contribution in [0.15, 0.2) is 42.5 Å². The van der Waals surface area contributed by atoms with E-state index in [1.165, 1.54) is 12.8 Å². The summed E-state index contributed by atoms with van der Waals surface area (Å²) in [7, 11) is 5.26. The van der Waals surface area contributed by atoms with Crippen LogP contribution in [0.2, 0.25) is 0 Å². The SMILES string of the molecule is COc1ccc(C(=O)Nc2ccc(N3CCN(C)CC3)cc2)c(OC)c1. The van der Waals surface area contributed by atoms with Crippen molar-refractivity contribution in [1.29, 1.82) is 0 Å². The van der Waals surface area contributed by atoms with Gasteiger partial charge in [0.2, 0.25) is 0 Å². The van der Waals surface area contributed by atoms with E-state index in [9.17, 15) is 4.79 Å². The topological polar surface area (TPSA) is 54.0 Å². The molecule has 26 heavy (non-hydrogen) atoms. The normalized spacial score (nSPS) is 14.8. The van der Waals surface area contributed by atoms with Crippen LogP contribution in [0.4, 0.5) is 11.4 Å². The first-order valence-electron chi connectivity index (χ1n) is 8.67. The fraction of sp³-hybridized carbons (Fsp3) is 0.350. The molecule has 0 unspecified atom stereocenters. The van der Waals surface area contributed by atoms with Gasteiger partial charge in [-0.1, -0.05) is 0 Å². The van der Waals surface area contributed by atoms with Gasteiger partial charge in [0.05, 0.1) is 19.8 Å². The van der Waals surface area contributed by atoms with E-state index in [4.69, 9.17) is 9.47 Å². The summed E-state index contributed by atoms with van der Waals surface area (Å²) in [6.45, 7) is 4.17. The van der Waals surface area contributed by atoms with E-state index >= 15 is 0 Å². The fourth-order valence-electron chi connectivity index (χ4n) is 3.00. The number of hydrogen-bond donors (Lipinski definition) is 1. The molecular formula is C20H25N3O3. The second kappa shape index (κ2) is 8.10. The summed E-state index contributed by atoms with van der Waals surface area (Å²) >= 11 is 0. The van der Waals surface area contributed by atoms with Gasteiger partial charge in [-0.05, 0) is 43.4 Å². The van der Waals surface area contributed by atoms with Gasteiger partial charge in [-0.2, -0.15) is 0 Å². The molecule has 2 aromatic rings. The van der Waals surface area contributed by atoms with Gasteiger partial charge in [-0.15, -0.1) is 0 Å². The predicted octanol–water partition coefficient (Wildman–Crippen LogP) is 2.71. The lowest BCUT2D eigenvalue weighted by molar-refractivity contribution is 0.102. The number of piperazine rings is 1. The molecule has 1 aliphatic heterocycles. The van der Waals surface area contributed by atoms with Crippen LogP contribution in [0.5, 0.6) is 11.5 Å². The average molecular weight is 355 g/mol. The van der Waals surface area contributed by atoms with Crippen molar-refractivity contribution < 1.29 is 14.3 Å². The fourth-order valence-corrected chi connectivity index (χ4v) is 3.00. The van der Waals surface area contributed by atoms with Crippen molar-refractivity contribution in [3.63, 3.8) is 0 Å². The zero-order chi connectivity index (χ0) is 18.5. The molecule has 1 amide bonds. The quantitative estimate of drug-likeness (QED) is 0.894. The van der Waals surface area contributed by atoms with Crippen molar-refractivity contribution in [2.24, 2.45) is 0 Å². The maximum atomic E-state index is 12.6. The van der Waals surface area contributed by atoms with E-state index < -0.39 is 0 Å². The number of benzene rings is 2. The number of nitrogens with one attached hydrogen (secondary N) is 1. The second-order valence-electron chi connectivity index (χ2n) is 6.36. The van der Waals surface area contributed by atoms with Crippen LogP contribution in [0.1, 0.15) is 10.4 Å². The van der Waals surface area contributed by atoms with Crippen molar-refractivity contribution in [1.82, 2.24) is 4.90 Å². The van der Waals surface area contributed by atoms with Gasteiger partial charge in [0.25, 0.3) is 5.91 Å². The number of likely N-dealkylation sites (N-methyl/N-ethyl adjacent to an activating group) is 1. The molecule has 6 nitrogen and oxygen atoms in total. The van der Waals surface area contributed by atoms with Crippen LogP contribution in [0.3, 0.4) is 0 Å². The third-order valence-corrected chi connectivity index (χ3v) is 4.65. The molecular weight excluding hydrogens is 330 g/mol. The first-order valence-corrected chi connectivity index (χ1v) is 8.67. The summed E-state index contributed by atoms with van der Waals surface area (Å²) in [6, 6.07) is 13.1. The van der Waals surface area contributed by atoms with E-state index in [-0.39, 0.29) is 5.91 Å². The van der Waals surface area contributed by atoms with E-state index in [1.54, 1.807) is 25.3 Å². The average Bonchev–Trinajstić information content (AvgIpc) is 2.68. The van der Waals surface area contributed by atoms with Gasteiger partial charge < -0.3 is 24.6 Å². The monoisotopic (exact) mass is 355 g/mol. The third-order valence-electron chi connectivity index (χ3n) is 4.65. The maximum Gasteiger partial charge on any atom is 0.259 e. The smallest absolute Gasteiger partial charge is 0.259 e. The Bertz CT molecular complexity index is 753. The molecule has 138 valence electrons. The Morgan fingerprint density at radius 2 is 1.65 bits per heavy atom. The number of hydrogen-bond acceptors (Lipinski definition) is 5. The zero-order valence-corrected chi connectivity index (χ0v) is 15.5. The highest BCUT2D eigenvalue weighted by Crippen LogP contribution is 2.26. The minimum absolute atomic E-state index is 0.211. The number of anilines is 2. The Hall–Kier alpha value is -2.73. The number of carbonyl (C=O) groups is 1. The molecule has 0 aliphatic carbocycles. The molecule has 3 rings (SSSR count). The molecule has 2 aromatic carbocycles. The molecule has 1 N–H and O–H groups in total. The van der Waals surface area contributed by atoms with Crippen LogP contribution < -0.4 is 19.7 Å². The number of rotatable bonds is 5. The van der Waals surface area contributed by atoms with Crippen LogP contribution in [0, 0.1) is 0 Å². The van der Waals surface area contributed by atoms with Gasteiger partial charge in [-0.3, -0.25) is 4.79 Å². The minimum atomic E-state index is -0.211. The lowest BCUT2D eigenvalue weighted by Crippen LogP contribution is -2.44. The Kier molecular flexibility index (Phi) is 5.63. The summed E-state index contributed by atoms with van der Waals surface area (Å²) in [5.74, 6) is 0.919. The Morgan fingerprint density at radius 3 is 2.27 bits per heavy atom. The molecule has 0 atom stereocenters. The van der Waals surface area contributed by atoms with Gasteiger partial charge in [0.15, 0.2) is 0 Å². The lowest BCUT2D eigenvalue weighted by atomic mass is 10.1. The first-order chi connectivity index (χ1) is 12.6. The van der Waals surface area contributed by atoms with E-state index in [0.29, 0.717) is 17.1 Å². The minimum Gasteiger partial charge on any atom is -0.497 e. The summed E-state index contributed by atoms with van der Waals surface area (Å²) < 4.78 is 10.5. The second-order valence-corrected chi connectivity index (χ2v) is 6.36. The molecule has 1 aliphatic rings. The predicted molar refractivity (Wildman–Crippen MR) is 104 cm³/mol. The third kappa shape index (κ3) is 4.08. The zero-order valence-electron chi connectivity index (χ0n) is 15.5. The Morgan fingerprint density at radius 1 is 0.962 bits per heavy atom. The summed E-state index contributed by atoms with van der Waals surface area (Å²) in [6.07, 6.45) is 0. The highest BCUT2D eigenvalue weighted by molar-refractivity contribution is 6.06. The van der Waals surface area contributed by atoms with Crippen molar-refractivity contribution in [2.45, 2.75) is 0 Å². The molecule has 1 fully saturated rings. The largest absolute Gasteiger partial charge is 0.497 e. The summed E-state index contributed by atoms with van der Waals surface area (Å²) in [4.78, 5) is 17.3. The van der Waals surface area contributed by atoms with Crippen LogP contribution >= 0.6 is 0 Å². The molecule has 0 radical (unpaired) electrons. The number of methoxy groups -OCH3 is 2. The maximum absolute atomic E-state index is 12.6. The molecule has 1 saturated heterocycles. The lowest BCUT2D eigenvalue weighted by Gasteiger charge is -2.34. The van der Waals surface area contributed by atoms with E-state index in [0.717, 1.165) is 31.9 Å². The van der Waals surface area contributed by atoms with Gasteiger partial charge in [0, 0.05) is 43.6 Å². The standard InChI is InChI=1S/C20H25N3O3/c1-22-10-12-23(13-11-22)16-6-4-15(5-7-16)21-20(24)18-9-8-17(25-2)14-19(18)26-3/h4-9,14H,10-13H2,1-3H3,(H,21,24). The van der Waals surface area contributed by atoms with Crippen molar-refractivity contribution in [2.75, 3.05) is 57.7 Å². The Labute approximate surface area is 154 Å². The molecule has 0 aromatic heterocycles. The summed E-state index contributed by atoms with van der Waals surface area (Å²) in [5, 5.41) is 2.92. The van der Waals surface area contributed by atoms with Gasteiger partial charge in [-0.25, -0.2) is 0 Å². The summed E-state index contributed by atoms with van der Waals surface area (Å²) in [5.41, 5.74) is 2.40. The number of nitrogens with zero attached hydrogens (tertiary/aromatic N) is 2. The van der Waals surface area contributed by atoms with Crippen LogP contribution in [0.25, 0.3) is 0 Å². The van der Waals surface area contributed by atoms with Gasteiger partial charge >= 0.3 is 0 Å². The number of amides is 1. The molecule has 0 spiro atoms. The first kappa shape index (κ1) is 18.1. The number of carbonyl (C=O) groups excluding carboxylic acids is 1. The highest BCUT2D eigenvalue weighted by atomic mass is 16.5.